The molecule has 0 atom stereocenters. The molecule has 0 aromatic heterocycles. The van der Waals surface area contributed by atoms with Crippen LogP contribution in [-0.2, 0) is 9.13 Å². The van der Waals surface area contributed by atoms with Crippen molar-refractivity contribution in [1.29, 1.82) is 0 Å². The summed E-state index contributed by atoms with van der Waals surface area (Å²) >= 11 is 0. The van der Waals surface area contributed by atoms with Crippen molar-refractivity contribution in [2.75, 3.05) is 0 Å². The van der Waals surface area contributed by atoms with E-state index < -0.39 is 14.3 Å². The van der Waals surface area contributed by atoms with Crippen LogP contribution in [0.5, 0.6) is 0 Å². The van der Waals surface area contributed by atoms with Gasteiger partial charge in [-0.05, 0) is 135 Å². The van der Waals surface area contributed by atoms with E-state index in [1.165, 1.54) is 32.3 Å². The molecule has 0 aliphatic rings. The first-order chi connectivity index (χ1) is 38.4. The molecular formula is C74H50O2P2. The molecule has 2 nitrogen and oxygen atoms in total. The molecule has 78 heavy (non-hydrogen) atoms. The summed E-state index contributed by atoms with van der Waals surface area (Å²) in [4.78, 5) is 0. The maximum absolute atomic E-state index is 15.5. The second kappa shape index (κ2) is 19.4. The van der Waals surface area contributed by atoms with E-state index in [4.69, 9.17) is 0 Å². The molecule has 0 spiro atoms. The maximum atomic E-state index is 15.5. The number of rotatable bonds is 10. The topological polar surface area (TPSA) is 34.1 Å². The summed E-state index contributed by atoms with van der Waals surface area (Å²) in [5.74, 6) is 0. The fourth-order valence-electron chi connectivity index (χ4n) is 11.8. The van der Waals surface area contributed by atoms with Crippen LogP contribution in [0.3, 0.4) is 0 Å². The van der Waals surface area contributed by atoms with Crippen molar-refractivity contribution in [3.05, 3.63) is 303 Å². The van der Waals surface area contributed by atoms with Crippen LogP contribution in [0.1, 0.15) is 0 Å². The number of hydrogen-bond acceptors (Lipinski definition) is 2. The predicted molar refractivity (Wildman–Crippen MR) is 335 cm³/mol. The molecule has 0 bridgehead atoms. The third kappa shape index (κ3) is 8.13. The maximum Gasteiger partial charge on any atom is 0.171 e. The lowest BCUT2D eigenvalue weighted by Gasteiger charge is -2.21. The predicted octanol–water partition coefficient (Wildman–Crippen LogP) is 17.4. The Morgan fingerprint density at radius 3 is 0.872 bits per heavy atom. The minimum absolute atomic E-state index is 0.797. The molecule has 0 aliphatic carbocycles. The van der Waals surface area contributed by atoms with Crippen molar-refractivity contribution >= 4 is 100.0 Å². The molecule has 0 saturated heterocycles. The van der Waals surface area contributed by atoms with E-state index in [0.29, 0.717) is 0 Å². The van der Waals surface area contributed by atoms with Crippen LogP contribution in [0, 0.1) is 0 Å². The Kier molecular flexibility index (Phi) is 11.8. The summed E-state index contributed by atoms with van der Waals surface area (Å²) < 4.78 is 30.9. The highest BCUT2D eigenvalue weighted by Gasteiger charge is 2.31. The largest absolute Gasteiger partial charge is 0.309 e. The van der Waals surface area contributed by atoms with Crippen molar-refractivity contribution in [2.45, 2.75) is 0 Å². The Bertz CT molecular complexity index is 4600. The molecule has 4 heteroatoms. The highest BCUT2D eigenvalue weighted by molar-refractivity contribution is 7.85. The van der Waals surface area contributed by atoms with Crippen LogP contribution < -0.4 is 31.8 Å². The van der Waals surface area contributed by atoms with Crippen molar-refractivity contribution in [3.8, 4) is 44.5 Å². The SMILES string of the molecule is O=P(c1ccccc1)(c1ccccc1)c1ccc(-c2ccc3c(-c4ccc5cc6ccccc6cc5c4)c4cc(-c5ccc(P(=O)(c6ccccc6)c6ccccc6)cc5)ccc4c(-c4ccc5ccccc5c4)c3c2)cc1. The molecule has 0 aliphatic heterocycles. The van der Waals surface area contributed by atoms with Crippen LogP contribution in [0.25, 0.3) is 98.4 Å². The second-order valence-corrected chi connectivity index (χ2v) is 25.8. The molecule has 0 saturated carbocycles. The van der Waals surface area contributed by atoms with E-state index in [-0.39, 0.29) is 0 Å². The van der Waals surface area contributed by atoms with Crippen LogP contribution in [-0.4, -0.2) is 0 Å². The van der Waals surface area contributed by atoms with Gasteiger partial charge in [0.2, 0.25) is 0 Å². The summed E-state index contributed by atoms with van der Waals surface area (Å²) in [6.07, 6.45) is 0. The standard InChI is InChI=1S/C74H50O2P2/c75-77(63-21-5-1-6-22-63,64-23-7-2-8-24-64)67-39-33-52(34-40-67)58-38-44-70-71(49-58)73(60-31-29-51-17-13-14-18-54(51)46-60)69-43-37-59(50-72(69)74(70)61-32-30-57-45-55-19-15-16-20-56(55)47-62(57)48-61)53-35-41-68(42-36-53)78(76,65-25-9-3-10-26-65)66-27-11-4-12-28-66/h1-50H. The third-order valence-corrected chi connectivity index (χ3v) is 21.9. The normalized spacial score (nSPS) is 11.9. The third-order valence-electron chi connectivity index (χ3n) is 15.8. The molecule has 14 aromatic rings. The average Bonchev–Trinajstić information content (AvgIpc) is 3.71. The minimum atomic E-state index is -3.17. The van der Waals surface area contributed by atoms with E-state index in [1.54, 1.807) is 0 Å². The summed E-state index contributed by atoms with van der Waals surface area (Å²) in [6.45, 7) is 0. The van der Waals surface area contributed by atoms with E-state index >= 15 is 9.13 Å². The molecule has 0 unspecified atom stereocenters. The Hall–Kier alpha value is -9.16. The lowest BCUT2D eigenvalue weighted by molar-refractivity contribution is 0.591. The van der Waals surface area contributed by atoms with Crippen molar-refractivity contribution in [3.63, 3.8) is 0 Å². The van der Waals surface area contributed by atoms with Gasteiger partial charge in [0.1, 0.15) is 0 Å². The zero-order valence-electron chi connectivity index (χ0n) is 42.6. The first-order valence-corrected chi connectivity index (χ1v) is 29.9. The highest BCUT2D eigenvalue weighted by Crippen LogP contribution is 2.49. The van der Waals surface area contributed by atoms with E-state index in [9.17, 15) is 0 Å². The zero-order valence-corrected chi connectivity index (χ0v) is 44.4. The van der Waals surface area contributed by atoms with Gasteiger partial charge < -0.3 is 9.13 Å². The van der Waals surface area contributed by atoms with Gasteiger partial charge in [0.15, 0.2) is 14.3 Å². The van der Waals surface area contributed by atoms with Crippen LogP contribution in [0.4, 0.5) is 0 Å². The minimum Gasteiger partial charge on any atom is -0.309 e. The van der Waals surface area contributed by atoms with Gasteiger partial charge in [0, 0.05) is 31.8 Å². The number of fused-ring (bicyclic) bond motifs is 5. The highest BCUT2D eigenvalue weighted by atomic mass is 31.2. The first kappa shape index (κ1) is 47.3. The number of benzene rings is 14. The molecule has 0 fully saturated rings. The van der Waals surface area contributed by atoms with Gasteiger partial charge in [0.25, 0.3) is 0 Å². The Balaban J connectivity index is 0.988. The monoisotopic (exact) mass is 1030 g/mol. The molecule has 0 N–H and O–H groups in total. The second-order valence-electron chi connectivity index (χ2n) is 20.2. The molecular weight excluding hydrogens is 983 g/mol. The van der Waals surface area contributed by atoms with Gasteiger partial charge in [-0.25, -0.2) is 0 Å². The molecule has 0 amide bonds. The molecule has 14 rings (SSSR count). The fourth-order valence-corrected chi connectivity index (χ4v) is 17.1. The summed E-state index contributed by atoms with van der Waals surface area (Å²) in [5, 5.41) is 16.6. The fraction of sp³-hybridized carbons (Fsp3) is 0. The van der Waals surface area contributed by atoms with Gasteiger partial charge in [-0.2, -0.15) is 0 Å². The summed E-state index contributed by atoms with van der Waals surface area (Å²) in [6, 6.07) is 106. The van der Waals surface area contributed by atoms with Crippen molar-refractivity contribution in [2.24, 2.45) is 0 Å². The molecule has 0 radical (unpaired) electrons. The Morgan fingerprint density at radius 1 is 0.179 bits per heavy atom. The van der Waals surface area contributed by atoms with Gasteiger partial charge in [0.05, 0.1) is 0 Å². The van der Waals surface area contributed by atoms with Gasteiger partial charge in [-0.15, -0.1) is 0 Å². The van der Waals surface area contributed by atoms with E-state index in [2.05, 4.69) is 182 Å². The summed E-state index contributed by atoms with van der Waals surface area (Å²) in [7, 11) is -6.34. The molecule has 0 heterocycles. The lowest BCUT2D eigenvalue weighted by Crippen LogP contribution is -2.24. The van der Waals surface area contributed by atoms with Crippen LogP contribution in [0.15, 0.2) is 303 Å². The van der Waals surface area contributed by atoms with E-state index in [0.717, 1.165) is 97.9 Å². The van der Waals surface area contributed by atoms with Crippen LogP contribution >= 0.6 is 14.3 Å². The number of hydrogen-bond donors (Lipinski definition) is 0. The molecule has 14 aromatic carbocycles. The zero-order chi connectivity index (χ0) is 52.2. The summed E-state index contributed by atoms with van der Waals surface area (Å²) in [5.41, 5.74) is 8.80. The quantitative estimate of drug-likeness (QED) is 0.101. The Morgan fingerprint density at radius 2 is 0.462 bits per heavy atom. The van der Waals surface area contributed by atoms with Crippen molar-refractivity contribution in [1.82, 2.24) is 0 Å². The smallest absolute Gasteiger partial charge is 0.171 e. The van der Waals surface area contributed by atoms with Gasteiger partial charge in [-0.1, -0.05) is 267 Å². The van der Waals surface area contributed by atoms with Gasteiger partial charge in [-0.3, -0.25) is 0 Å². The Labute approximate surface area is 454 Å². The lowest BCUT2D eigenvalue weighted by atomic mass is 9.83. The van der Waals surface area contributed by atoms with Crippen molar-refractivity contribution < 1.29 is 9.13 Å². The van der Waals surface area contributed by atoms with Gasteiger partial charge >= 0.3 is 0 Å². The first-order valence-electron chi connectivity index (χ1n) is 26.5. The van der Waals surface area contributed by atoms with Crippen LogP contribution in [0.2, 0.25) is 0 Å². The molecule has 368 valence electrons. The van der Waals surface area contributed by atoms with E-state index in [1.807, 2.05) is 121 Å². The average molecular weight is 1030 g/mol.